The summed E-state index contributed by atoms with van der Waals surface area (Å²) < 4.78 is 13.6. The lowest BCUT2D eigenvalue weighted by atomic mass is 10.1. The van der Waals surface area contributed by atoms with E-state index in [1.165, 1.54) is 4.90 Å². The third-order valence-electron chi connectivity index (χ3n) is 4.44. The molecule has 3 heterocycles. The molecule has 1 aliphatic heterocycles. The summed E-state index contributed by atoms with van der Waals surface area (Å²) >= 11 is 1.72. The number of aromatic nitrogens is 4. The van der Waals surface area contributed by atoms with Gasteiger partial charge in [0.25, 0.3) is 5.78 Å². The molecule has 7 heteroatoms. The number of rotatable bonds is 3. The van der Waals surface area contributed by atoms with Crippen LogP contribution >= 0.6 is 11.8 Å². The van der Waals surface area contributed by atoms with Gasteiger partial charge in [-0.15, -0.1) is 16.9 Å². The lowest BCUT2D eigenvalue weighted by molar-refractivity contribution is 0.0852. The zero-order valence-corrected chi connectivity index (χ0v) is 15.4. The van der Waals surface area contributed by atoms with Crippen LogP contribution in [0.1, 0.15) is 11.9 Å². The Kier molecular flexibility index (Phi) is 3.94. The Balaban J connectivity index is 1.52. The smallest absolute Gasteiger partial charge is 0.253 e. The number of nitrogens with zero attached hydrogens (tertiary/aromatic N) is 4. The van der Waals surface area contributed by atoms with Crippen LogP contribution in [0.15, 0.2) is 65.7 Å². The molecule has 0 saturated carbocycles. The first-order valence-corrected chi connectivity index (χ1v) is 9.79. The van der Waals surface area contributed by atoms with E-state index in [-0.39, 0.29) is 6.10 Å². The van der Waals surface area contributed by atoms with Crippen LogP contribution < -0.4 is 9.47 Å². The molecule has 0 unspecified atom stereocenters. The molecule has 1 atom stereocenters. The Bertz CT molecular complexity index is 1110. The average Bonchev–Trinajstić information content (AvgIpc) is 3.18. The molecule has 0 amide bonds. The molecule has 2 aromatic heterocycles. The van der Waals surface area contributed by atoms with Crippen molar-refractivity contribution in [3.05, 3.63) is 66.6 Å². The zero-order valence-electron chi connectivity index (χ0n) is 14.6. The summed E-state index contributed by atoms with van der Waals surface area (Å²) in [5.74, 6) is 2.54. The highest BCUT2D eigenvalue weighted by Crippen LogP contribution is 2.35. The fourth-order valence-electron chi connectivity index (χ4n) is 3.07. The van der Waals surface area contributed by atoms with Crippen molar-refractivity contribution in [3.63, 3.8) is 0 Å². The van der Waals surface area contributed by atoms with Crippen molar-refractivity contribution in [1.29, 1.82) is 0 Å². The Labute approximate surface area is 160 Å². The second kappa shape index (κ2) is 6.59. The van der Waals surface area contributed by atoms with Gasteiger partial charge in [0.1, 0.15) is 6.61 Å². The van der Waals surface area contributed by atoms with Crippen LogP contribution in [0.25, 0.3) is 17.0 Å². The molecule has 0 fully saturated rings. The monoisotopic (exact) mass is 376 g/mol. The summed E-state index contributed by atoms with van der Waals surface area (Å²) in [6.45, 7) is 0.367. The highest BCUT2D eigenvalue weighted by Gasteiger charge is 2.26. The predicted octanol–water partition coefficient (Wildman–Crippen LogP) is 4.03. The summed E-state index contributed by atoms with van der Waals surface area (Å²) in [6, 6.07) is 17.9. The molecule has 1 aliphatic rings. The second-order valence-corrected chi connectivity index (χ2v) is 6.98. The van der Waals surface area contributed by atoms with Crippen LogP contribution in [-0.2, 0) is 0 Å². The van der Waals surface area contributed by atoms with Crippen molar-refractivity contribution < 1.29 is 9.47 Å². The van der Waals surface area contributed by atoms with E-state index in [1.54, 1.807) is 22.5 Å². The highest BCUT2D eigenvalue weighted by molar-refractivity contribution is 7.98. The first kappa shape index (κ1) is 16.1. The first-order valence-electron chi connectivity index (χ1n) is 8.56. The van der Waals surface area contributed by atoms with Gasteiger partial charge in [0.2, 0.25) is 0 Å². The number of hydrogen-bond acceptors (Lipinski definition) is 6. The molecule has 27 heavy (non-hydrogen) atoms. The van der Waals surface area contributed by atoms with Gasteiger partial charge in [-0.1, -0.05) is 24.3 Å². The maximum atomic E-state index is 6.03. The number of ether oxygens (including phenoxy) is 2. The fraction of sp³-hybridized carbons (Fsp3) is 0.150. The molecule has 0 radical (unpaired) electrons. The summed E-state index contributed by atoms with van der Waals surface area (Å²) in [7, 11) is 0. The normalized spacial score (nSPS) is 15.8. The van der Waals surface area contributed by atoms with Crippen LogP contribution in [0.4, 0.5) is 0 Å². The largest absolute Gasteiger partial charge is 0.485 e. The van der Waals surface area contributed by atoms with Gasteiger partial charge in [-0.2, -0.15) is 9.50 Å². The SMILES string of the molecule is CSc1ccc(-c2ccnc3nc([C@H]4COc5ccccc5O4)nn23)cc1. The van der Waals surface area contributed by atoms with Gasteiger partial charge >= 0.3 is 0 Å². The number of benzene rings is 2. The van der Waals surface area contributed by atoms with Gasteiger partial charge in [0.15, 0.2) is 23.4 Å². The van der Waals surface area contributed by atoms with E-state index >= 15 is 0 Å². The molecule has 2 aromatic carbocycles. The van der Waals surface area contributed by atoms with Crippen molar-refractivity contribution in [2.75, 3.05) is 12.9 Å². The molecular formula is C20H16N4O2S. The van der Waals surface area contributed by atoms with Gasteiger partial charge in [0.05, 0.1) is 5.69 Å². The Morgan fingerprint density at radius 3 is 2.67 bits per heavy atom. The lowest BCUT2D eigenvalue weighted by Gasteiger charge is -2.24. The molecule has 5 rings (SSSR count). The molecule has 134 valence electrons. The van der Waals surface area contributed by atoms with Gasteiger partial charge in [-0.05, 0) is 36.6 Å². The van der Waals surface area contributed by atoms with E-state index in [2.05, 4.69) is 45.6 Å². The van der Waals surface area contributed by atoms with Gasteiger partial charge < -0.3 is 9.47 Å². The average molecular weight is 376 g/mol. The maximum absolute atomic E-state index is 6.03. The van der Waals surface area contributed by atoms with Crippen LogP contribution in [0.3, 0.4) is 0 Å². The van der Waals surface area contributed by atoms with E-state index in [9.17, 15) is 0 Å². The van der Waals surface area contributed by atoms with Crippen molar-refractivity contribution in [1.82, 2.24) is 19.6 Å². The van der Waals surface area contributed by atoms with E-state index in [1.807, 2.05) is 30.3 Å². The molecule has 0 spiro atoms. The summed E-state index contributed by atoms with van der Waals surface area (Å²) in [6.07, 6.45) is 3.45. The van der Waals surface area contributed by atoms with E-state index < -0.39 is 0 Å². The van der Waals surface area contributed by atoms with Crippen LogP contribution in [0, 0.1) is 0 Å². The molecule has 0 saturated heterocycles. The zero-order chi connectivity index (χ0) is 18.2. The molecule has 4 aromatic rings. The molecule has 0 bridgehead atoms. The Hall–Kier alpha value is -3.06. The molecular weight excluding hydrogens is 360 g/mol. The second-order valence-electron chi connectivity index (χ2n) is 6.10. The third-order valence-corrected chi connectivity index (χ3v) is 5.18. The van der Waals surface area contributed by atoms with E-state index in [0.29, 0.717) is 24.0 Å². The first-order chi connectivity index (χ1) is 13.3. The van der Waals surface area contributed by atoms with Crippen molar-refractivity contribution in [2.45, 2.75) is 11.0 Å². The summed E-state index contributed by atoms with van der Waals surface area (Å²) in [5, 5.41) is 4.66. The highest BCUT2D eigenvalue weighted by atomic mass is 32.2. The van der Waals surface area contributed by atoms with Gasteiger partial charge in [-0.25, -0.2) is 4.98 Å². The lowest BCUT2D eigenvalue weighted by Crippen LogP contribution is -2.22. The summed E-state index contributed by atoms with van der Waals surface area (Å²) in [4.78, 5) is 10.1. The van der Waals surface area contributed by atoms with Gasteiger partial charge in [-0.3, -0.25) is 0 Å². The fourth-order valence-corrected chi connectivity index (χ4v) is 3.48. The van der Waals surface area contributed by atoms with Crippen LogP contribution in [-0.4, -0.2) is 32.4 Å². The predicted molar refractivity (Wildman–Crippen MR) is 103 cm³/mol. The minimum atomic E-state index is -0.367. The quantitative estimate of drug-likeness (QED) is 0.503. The number of para-hydroxylation sites is 2. The molecule has 0 aliphatic carbocycles. The minimum Gasteiger partial charge on any atom is -0.485 e. The van der Waals surface area contributed by atoms with Gasteiger partial charge in [0, 0.05) is 16.7 Å². The molecule has 0 N–H and O–H groups in total. The molecule has 6 nitrogen and oxygen atoms in total. The number of fused-ring (bicyclic) bond motifs is 2. The van der Waals surface area contributed by atoms with Crippen molar-refractivity contribution in [2.24, 2.45) is 0 Å². The van der Waals surface area contributed by atoms with Crippen molar-refractivity contribution >= 4 is 17.5 Å². The van der Waals surface area contributed by atoms with E-state index in [4.69, 9.17) is 9.47 Å². The topological polar surface area (TPSA) is 61.5 Å². The van der Waals surface area contributed by atoms with Crippen LogP contribution in [0.2, 0.25) is 0 Å². The summed E-state index contributed by atoms with van der Waals surface area (Å²) in [5.41, 5.74) is 1.99. The van der Waals surface area contributed by atoms with E-state index in [0.717, 1.165) is 17.0 Å². The Morgan fingerprint density at radius 2 is 1.85 bits per heavy atom. The maximum Gasteiger partial charge on any atom is 0.253 e. The number of hydrogen-bond donors (Lipinski definition) is 0. The third kappa shape index (κ3) is 2.90. The minimum absolute atomic E-state index is 0.367. The Morgan fingerprint density at radius 1 is 1.04 bits per heavy atom. The standard InChI is InChI=1S/C20H16N4O2S/c1-27-14-8-6-13(7-9-14)15-10-11-21-20-22-19(23-24(15)20)18-12-25-16-4-2-3-5-17(16)26-18/h2-11,18H,12H2,1H3/t18-/m1/s1. The van der Waals surface area contributed by atoms with Crippen molar-refractivity contribution in [3.8, 4) is 22.8 Å². The number of thioether (sulfide) groups is 1. The van der Waals surface area contributed by atoms with Crippen LogP contribution in [0.5, 0.6) is 11.5 Å².